The third-order valence-corrected chi connectivity index (χ3v) is 8.60. The van der Waals surface area contributed by atoms with Crippen LogP contribution in [0.4, 0.5) is 11.5 Å². The number of carbonyl (C=O) groups is 2. The molecule has 3 aromatic rings. The second-order valence-corrected chi connectivity index (χ2v) is 10.8. The maximum absolute atomic E-state index is 13.7. The quantitative estimate of drug-likeness (QED) is 0.518. The van der Waals surface area contributed by atoms with Gasteiger partial charge < -0.3 is 20.9 Å². The van der Waals surface area contributed by atoms with Crippen LogP contribution in [0.15, 0.2) is 79.1 Å². The van der Waals surface area contributed by atoms with Gasteiger partial charge in [-0.3, -0.25) is 9.59 Å². The Morgan fingerprint density at radius 2 is 1.86 bits per heavy atom. The average molecular weight is 492 g/mol. The summed E-state index contributed by atoms with van der Waals surface area (Å²) in [5.74, 6) is 0.683. The van der Waals surface area contributed by atoms with Crippen LogP contribution < -0.4 is 16.0 Å². The highest BCUT2D eigenvalue weighted by Gasteiger charge is 2.56. The van der Waals surface area contributed by atoms with E-state index in [1.165, 1.54) is 5.56 Å². The first-order valence-electron chi connectivity index (χ1n) is 12.9. The molecular formula is C30H29N5O2. The van der Waals surface area contributed by atoms with Crippen molar-refractivity contribution in [3.8, 4) is 0 Å². The van der Waals surface area contributed by atoms with Gasteiger partial charge in [0.1, 0.15) is 11.4 Å². The zero-order valence-corrected chi connectivity index (χ0v) is 20.6. The summed E-state index contributed by atoms with van der Waals surface area (Å²) in [6.45, 7) is 5.65. The number of carbonyl (C=O) groups excluding carboxylic acids is 2. The number of nitrogens with zero attached hydrogens (tertiary/aromatic N) is 2. The van der Waals surface area contributed by atoms with Crippen molar-refractivity contribution in [1.82, 2.24) is 15.2 Å². The highest BCUT2D eigenvalue weighted by molar-refractivity contribution is 6.06. The van der Waals surface area contributed by atoms with E-state index in [2.05, 4.69) is 50.6 Å². The molecule has 7 rings (SSSR count). The lowest BCUT2D eigenvalue weighted by Gasteiger charge is -2.42. The van der Waals surface area contributed by atoms with E-state index in [0.717, 1.165) is 40.9 Å². The lowest BCUT2D eigenvalue weighted by atomic mass is 9.79. The number of hydrogen-bond acceptors (Lipinski definition) is 5. The summed E-state index contributed by atoms with van der Waals surface area (Å²) in [6.07, 6.45) is 4.59. The monoisotopic (exact) mass is 491 g/mol. The number of pyridine rings is 1. The molecule has 7 heteroatoms. The Balaban J connectivity index is 1.10. The molecule has 4 aliphatic rings. The van der Waals surface area contributed by atoms with Gasteiger partial charge in [-0.15, -0.1) is 0 Å². The van der Waals surface area contributed by atoms with E-state index in [1.54, 1.807) is 6.20 Å². The number of amides is 2. The Hall–Kier alpha value is -3.97. The SMILES string of the molecule is C=C1CNC(c2ccccc2)CN1C1(C(=O)Nc2ccc3c(c2)C[C@@]2(C3)C(=O)Nc3ncccc32)CC1. The molecule has 37 heavy (non-hydrogen) atoms. The fourth-order valence-electron chi connectivity index (χ4n) is 6.43. The molecule has 2 aromatic carbocycles. The predicted octanol–water partition coefficient (Wildman–Crippen LogP) is 3.70. The van der Waals surface area contributed by atoms with Crippen molar-refractivity contribution < 1.29 is 9.59 Å². The number of benzene rings is 2. The molecule has 1 saturated carbocycles. The fourth-order valence-corrected chi connectivity index (χ4v) is 6.43. The lowest BCUT2D eigenvalue weighted by Crippen LogP contribution is -2.53. The minimum Gasteiger partial charge on any atom is -0.358 e. The van der Waals surface area contributed by atoms with Crippen molar-refractivity contribution in [2.24, 2.45) is 0 Å². The largest absolute Gasteiger partial charge is 0.358 e. The number of anilines is 2. The Kier molecular flexibility index (Phi) is 4.82. The molecule has 2 fully saturated rings. The molecule has 1 unspecified atom stereocenters. The number of hydrogen-bond donors (Lipinski definition) is 3. The van der Waals surface area contributed by atoms with Crippen molar-refractivity contribution >= 4 is 23.3 Å². The van der Waals surface area contributed by atoms with Gasteiger partial charge in [0.05, 0.1) is 11.5 Å². The van der Waals surface area contributed by atoms with Crippen LogP contribution in [0.25, 0.3) is 0 Å². The van der Waals surface area contributed by atoms with Crippen LogP contribution in [0.1, 0.15) is 41.1 Å². The minimum atomic E-state index is -0.614. The molecule has 186 valence electrons. The number of fused-ring (bicyclic) bond motifs is 3. The van der Waals surface area contributed by atoms with Gasteiger partial charge in [-0.25, -0.2) is 4.98 Å². The average Bonchev–Trinajstić information content (AvgIpc) is 3.57. The topological polar surface area (TPSA) is 86.4 Å². The van der Waals surface area contributed by atoms with Gasteiger partial charge in [-0.1, -0.05) is 49.0 Å². The van der Waals surface area contributed by atoms with Gasteiger partial charge >= 0.3 is 0 Å². The minimum absolute atomic E-state index is 0.00473. The molecule has 1 saturated heterocycles. The highest BCUT2D eigenvalue weighted by Crippen LogP contribution is 2.48. The van der Waals surface area contributed by atoms with E-state index in [4.69, 9.17) is 0 Å². The molecular weight excluding hydrogens is 462 g/mol. The fraction of sp³-hybridized carbons (Fsp3) is 0.300. The Bertz CT molecular complexity index is 1450. The summed E-state index contributed by atoms with van der Waals surface area (Å²) in [5, 5.41) is 9.71. The van der Waals surface area contributed by atoms with E-state index in [-0.39, 0.29) is 17.9 Å². The van der Waals surface area contributed by atoms with Gasteiger partial charge in [0.15, 0.2) is 0 Å². The second-order valence-electron chi connectivity index (χ2n) is 10.8. The van der Waals surface area contributed by atoms with Crippen molar-refractivity contribution in [2.75, 3.05) is 23.7 Å². The Morgan fingerprint density at radius 1 is 1.05 bits per heavy atom. The summed E-state index contributed by atoms with van der Waals surface area (Å²) < 4.78 is 0. The van der Waals surface area contributed by atoms with Crippen LogP contribution in [0.2, 0.25) is 0 Å². The Morgan fingerprint density at radius 3 is 2.68 bits per heavy atom. The van der Waals surface area contributed by atoms with E-state index in [1.807, 2.05) is 42.5 Å². The van der Waals surface area contributed by atoms with Gasteiger partial charge in [-0.2, -0.15) is 0 Å². The lowest BCUT2D eigenvalue weighted by molar-refractivity contribution is -0.122. The van der Waals surface area contributed by atoms with Crippen molar-refractivity contribution in [2.45, 2.75) is 42.7 Å². The van der Waals surface area contributed by atoms with Crippen molar-refractivity contribution in [3.63, 3.8) is 0 Å². The van der Waals surface area contributed by atoms with Gasteiger partial charge in [0.2, 0.25) is 11.8 Å². The normalized spacial score (nSPS) is 25.0. The predicted molar refractivity (Wildman–Crippen MR) is 142 cm³/mol. The molecule has 3 heterocycles. The molecule has 3 N–H and O–H groups in total. The smallest absolute Gasteiger partial charge is 0.250 e. The standard InChI is InChI=1S/C30H29N5O2/c1-19-17-32-25(20-6-3-2-4-7-20)18-35(19)30(11-12-30)28(37)33-23-10-9-21-15-29(16-22(21)14-23)24-8-5-13-31-26(24)34-27(29)36/h2-10,13-14,25,32H,1,11-12,15-18H2,(H,33,37)(H,31,34,36)/t25?,29-/m1/s1. The third-order valence-electron chi connectivity index (χ3n) is 8.60. The molecule has 0 bridgehead atoms. The number of rotatable bonds is 4. The zero-order chi connectivity index (χ0) is 25.2. The number of aromatic nitrogens is 1. The summed E-state index contributed by atoms with van der Waals surface area (Å²) in [5.41, 5.74) is 4.99. The molecule has 2 amide bonds. The summed E-state index contributed by atoms with van der Waals surface area (Å²) in [4.78, 5) is 33.3. The molecule has 7 nitrogen and oxygen atoms in total. The summed E-state index contributed by atoms with van der Waals surface area (Å²) in [6, 6.07) is 20.5. The van der Waals surface area contributed by atoms with Crippen molar-refractivity contribution in [3.05, 3.63) is 101 Å². The highest BCUT2D eigenvalue weighted by atomic mass is 16.2. The van der Waals surface area contributed by atoms with Crippen LogP contribution in [0.3, 0.4) is 0 Å². The maximum atomic E-state index is 13.7. The molecule has 2 aliphatic heterocycles. The zero-order valence-electron chi connectivity index (χ0n) is 20.6. The van der Waals surface area contributed by atoms with E-state index < -0.39 is 11.0 Å². The molecule has 1 spiro atoms. The van der Waals surface area contributed by atoms with Crippen LogP contribution in [0.5, 0.6) is 0 Å². The van der Waals surface area contributed by atoms with Gasteiger partial charge in [0.25, 0.3) is 0 Å². The number of nitrogens with one attached hydrogen (secondary N) is 3. The van der Waals surface area contributed by atoms with E-state index >= 15 is 0 Å². The first kappa shape index (κ1) is 22.2. The van der Waals surface area contributed by atoms with Gasteiger partial charge in [-0.05, 0) is 60.6 Å². The first-order valence-corrected chi connectivity index (χ1v) is 12.9. The number of piperazine rings is 1. The second kappa shape index (κ2) is 8.02. The van der Waals surface area contributed by atoms with Crippen LogP contribution in [-0.4, -0.2) is 40.3 Å². The first-order chi connectivity index (χ1) is 18.0. The van der Waals surface area contributed by atoms with Crippen LogP contribution in [-0.2, 0) is 27.8 Å². The van der Waals surface area contributed by atoms with Crippen molar-refractivity contribution in [1.29, 1.82) is 0 Å². The summed E-state index contributed by atoms with van der Waals surface area (Å²) in [7, 11) is 0. The third kappa shape index (κ3) is 3.41. The molecule has 2 atom stereocenters. The van der Waals surface area contributed by atoms with Crippen LogP contribution in [0, 0.1) is 0 Å². The maximum Gasteiger partial charge on any atom is 0.250 e. The molecule has 2 aliphatic carbocycles. The van der Waals surface area contributed by atoms with Crippen LogP contribution >= 0.6 is 0 Å². The van der Waals surface area contributed by atoms with E-state index in [9.17, 15) is 9.59 Å². The Labute approximate surface area is 216 Å². The molecule has 1 aromatic heterocycles. The van der Waals surface area contributed by atoms with Gasteiger partial charge in [0, 0.05) is 36.2 Å². The summed E-state index contributed by atoms with van der Waals surface area (Å²) >= 11 is 0. The molecule has 0 radical (unpaired) electrons. The van der Waals surface area contributed by atoms with E-state index in [0.29, 0.717) is 31.7 Å².